The van der Waals surface area contributed by atoms with Crippen LogP contribution in [0, 0.1) is 16.0 Å². The van der Waals surface area contributed by atoms with Gasteiger partial charge in [0.25, 0.3) is 0 Å². The summed E-state index contributed by atoms with van der Waals surface area (Å²) in [6, 6.07) is 3.21. The highest BCUT2D eigenvalue weighted by molar-refractivity contribution is 5.57. The molecule has 1 aromatic heterocycles. The molecule has 6 heteroatoms. The van der Waals surface area contributed by atoms with E-state index in [4.69, 9.17) is 4.74 Å². The zero-order valence-corrected chi connectivity index (χ0v) is 12.0. The first kappa shape index (κ1) is 14.6. The molecule has 6 nitrogen and oxygen atoms in total. The van der Waals surface area contributed by atoms with E-state index >= 15 is 0 Å². The van der Waals surface area contributed by atoms with Crippen molar-refractivity contribution in [3.63, 3.8) is 0 Å². The molecule has 0 amide bonds. The van der Waals surface area contributed by atoms with Gasteiger partial charge in [0.1, 0.15) is 0 Å². The molecule has 1 heterocycles. The molecule has 0 aliphatic heterocycles. The van der Waals surface area contributed by atoms with Crippen LogP contribution in [0.25, 0.3) is 0 Å². The van der Waals surface area contributed by atoms with E-state index in [0.717, 1.165) is 19.3 Å². The Balaban J connectivity index is 2.23. The van der Waals surface area contributed by atoms with E-state index in [-0.39, 0.29) is 11.7 Å². The average molecular weight is 279 g/mol. The molecular formula is C14H21N3O3. The highest BCUT2D eigenvalue weighted by Crippen LogP contribution is 2.32. The molecule has 2 rings (SSSR count). The van der Waals surface area contributed by atoms with Crippen LogP contribution < -0.4 is 10.1 Å². The fourth-order valence-electron chi connectivity index (χ4n) is 2.86. The molecule has 0 bridgehead atoms. The lowest BCUT2D eigenvalue weighted by Gasteiger charge is -2.31. The highest BCUT2D eigenvalue weighted by atomic mass is 16.6. The summed E-state index contributed by atoms with van der Waals surface area (Å²) in [7, 11) is 1.51. The first-order valence-electron chi connectivity index (χ1n) is 7.11. The quantitative estimate of drug-likeness (QED) is 0.660. The van der Waals surface area contributed by atoms with Gasteiger partial charge in [-0.2, -0.15) is 4.98 Å². The van der Waals surface area contributed by atoms with E-state index in [1.807, 2.05) is 0 Å². The van der Waals surface area contributed by atoms with Crippen molar-refractivity contribution >= 4 is 11.5 Å². The molecule has 110 valence electrons. The molecular weight excluding hydrogens is 258 g/mol. The first-order chi connectivity index (χ1) is 9.65. The number of aromatic nitrogens is 1. The lowest BCUT2D eigenvalue weighted by molar-refractivity contribution is -0.384. The van der Waals surface area contributed by atoms with Gasteiger partial charge < -0.3 is 10.1 Å². The zero-order chi connectivity index (χ0) is 14.5. The van der Waals surface area contributed by atoms with Crippen molar-refractivity contribution in [2.75, 3.05) is 12.4 Å². The lowest BCUT2D eigenvalue weighted by Crippen LogP contribution is -2.32. The van der Waals surface area contributed by atoms with E-state index in [1.165, 1.54) is 32.1 Å². The number of nitrogens with one attached hydrogen (secondary N) is 1. The third-order valence-electron chi connectivity index (χ3n) is 4.01. The second-order valence-electron chi connectivity index (χ2n) is 5.18. The molecule has 1 aliphatic carbocycles. The largest absolute Gasteiger partial charge is 0.481 e. The van der Waals surface area contributed by atoms with Crippen molar-refractivity contribution in [3.8, 4) is 5.88 Å². The van der Waals surface area contributed by atoms with E-state index in [1.54, 1.807) is 0 Å². The van der Waals surface area contributed by atoms with Crippen LogP contribution in [0.3, 0.4) is 0 Å². The van der Waals surface area contributed by atoms with Crippen LogP contribution in [0.2, 0.25) is 0 Å². The van der Waals surface area contributed by atoms with Crippen LogP contribution in [0.4, 0.5) is 11.5 Å². The van der Waals surface area contributed by atoms with Crippen molar-refractivity contribution in [1.82, 2.24) is 4.98 Å². The number of rotatable bonds is 5. The van der Waals surface area contributed by atoms with Crippen LogP contribution >= 0.6 is 0 Å². The number of ether oxygens (including phenoxy) is 1. The summed E-state index contributed by atoms with van der Waals surface area (Å²) < 4.78 is 5.06. The van der Waals surface area contributed by atoms with Crippen molar-refractivity contribution < 1.29 is 9.66 Å². The van der Waals surface area contributed by atoms with E-state index in [2.05, 4.69) is 17.2 Å². The van der Waals surface area contributed by atoms with E-state index in [9.17, 15) is 10.1 Å². The van der Waals surface area contributed by atoms with Crippen molar-refractivity contribution in [3.05, 3.63) is 22.2 Å². The number of nitro groups is 1. The number of anilines is 1. The van der Waals surface area contributed by atoms with Crippen LogP contribution in [0.1, 0.15) is 39.0 Å². The molecule has 0 radical (unpaired) electrons. The summed E-state index contributed by atoms with van der Waals surface area (Å²) in [4.78, 5) is 14.9. The van der Waals surface area contributed by atoms with Gasteiger partial charge in [-0.1, -0.05) is 26.2 Å². The molecule has 1 N–H and O–H groups in total. The second kappa shape index (κ2) is 6.54. The van der Waals surface area contributed by atoms with Crippen molar-refractivity contribution in [2.24, 2.45) is 5.92 Å². The van der Waals surface area contributed by atoms with Crippen LogP contribution in [0.5, 0.6) is 5.88 Å². The molecule has 1 fully saturated rings. The fraction of sp³-hybridized carbons (Fsp3) is 0.643. The minimum absolute atomic E-state index is 0.00577. The van der Waals surface area contributed by atoms with Crippen LogP contribution in [-0.2, 0) is 0 Å². The third-order valence-corrected chi connectivity index (χ3v) is 4.01. The molecule has 1 aliphatic rings. The normalized spacial score (nSPS) is 22.3. The predicted octanol–water partition coefficient (Wildman–Crippen LogP) is 3.38. The number of methoxy groups -OCH3 is 1. The summed E-state index contributed by atoms with van der Waals surface area (Å²) in [6.45, 7) is 2.16. The summed E-state index contributed by atoms with van der Waals surface area (Å²) in [5, 5.41) is 14.4. The zero-order valence-electron chi connectivity index (χ0n) is 12.0. The Morgan fingerprint density at radius 3 is 2.85 bits per heavy atom. The number of pyridine rings is 1. The number of hydrogen-bond donors (Lipinski definition) is 1. The van der Waals surface area contributed by atoms with Gasteiger partial charge in [-0.15, -0.1) is 0 Å². The van der Waals surface area contributed by atoms with Gasteiger partial charge >= 0.3 is 5.69 Å². The molecule has 0 saturated heterocycles. The second-order valence-corrected chi connectivity index (χ2v) is 5.18. The molecule has 1 saturated carbocycles. The van der Waals surface area contributed by atoms with Gasteiger partial charge in [0.05, 0.1) is 12.0 Å². The maximum atomic E-state index is 11.1. The number of nitrogens with zero attached hydrogens (tertiary/aromatic N) is 2. The standard InChI is InChI=1S/C14H21N3O3/c1-3-10-6-4-5-7-11(10)15-14-12(17(18)19)8-9-13(16-14)20-2/h8-11H,3-7H2,1-2H3,(H,15,16). The highest BCUT2D eigenvalue weighted by Gasteiger charge is 2.26. The van der Waals surface area contributed by atoms with Gasteiger partial charge in [0.2, 0.25) is 11.7 Å². The maximum Gasteiger partial charge on any atom is 0.311 e. The lowest BCUT2D eigenvalue weighted by atomic mass is 9.83. The van der Waals surface area contributed by atoms with Crippen LogP contribution in [-0.4, -0.2) is 23.1 Å². The Morgan fingerprint density at radius 1 is 1.45 bits per heavy atom. The van der Waals surface area contributed by atoms with Crippen LogP contribution in [0.15, 0.2) is 12.1 Å². The summed E-state index contributed by atoms with van der Waals surface area (Å²) in [5.41, 5.74) is 0.00577. The minimum atomic E-state index is -0.404. The topological polar surface area (TPSA) is 77.3 Å². The van der Waals surface area contributed by atoms with Gasteiger partial charge in [-0.25, -0.2) is 0 Å². The molecule has 0 aromatic carbocycles. The van der Waals surface area contributed by atoms with E-state index < -0.39 is 4.92 Å². The smallest absolute Gasteiger partial charge is 0.311 e. The third kappa shape index (κ3) is 3.18. The fourth-order valence-corrected chi connectivity index (χ4v) is 2.86. The number of hydrogen-bond acceptors (Lipinski definition) is 5. The Kier molecular flexibility index (Phi) is 4.76. The monoisotopic (exact) mass is 279 g/mol. The Labute approximate surface area is 118 Å². The minimum Gasteiger partial charge on any atom is -0.481 e. The molecule has 0 spiro atoms. The van der Waals surface area contributed by atoms with Crippen molar-refractivity contribution in [2.45, 2.75) is 45.1 Å². The van der Waals surface area contributed by atoms with E-state index in [0.29, 0.717) is 17.6 Å². The summed E-state index contributed by atoms with van der Waals surface area (Å²) >= 11 is 0. The Bertz CT molecular complexity index is 479. The predicted molar refractivity (Wildman–Crippen MR) is 77.1 cm³/mol. The molecule has 20 heavy (non-hydrogen) atoms. The average Bonchev–Trinajstić information content (AvgIpc) is 2.47. The van der Waals surface area contributed by atoms with Gasteiger partial charge in [-0.05, 0) is 18.8 Å². The molecule has 2 unspecified atom stereocenters. The molecule has 2 atom stereocenters. The van der Waals surface area contributed by atoms with Gasteiger partial charge in [0, 0.05) is 18.2 Å². The summed E-state index contributed by atoms with van der Waals surface area (Å²) in [5.74, 6) is 1.26. The SMILES string of the molecule is CCC1CCCCC1Nc1nc(OC)ccc1[N+](=O)[O-]. The van der Waals surface area contributed by atoms with Gasteiger partial charge in [0.15, 0.2) is 0 Å². The first-order valence-corrected chi connectivity index (χ1v) is 7.11. The van der Waals surface area contributed by atoms with Crippen molar-refractivity contribution in [1.29, 1.82) is 0 Å². The maximum absolute atomic E-state index is 11.1. The van der Waals surface area contributed by atoms with Gasteiger partial charge in [-0.3, -0.25) is 10.1 Å². The Morgan fingerprint density at radius 2 is 2.20 bits per heavy atom. The Hall–Kier alpha value is -1.85. The summed E-state index contributed by atoms with van der Waals surface area (Å²) in [6.07, 6.45) is 5.69. The molecule has 1 aromatic rings.